The molecule has 0 spiro atoms. The van der Waals surface area contributed by atoms with Gasteiger partial charge in [-0.3, -0.25) is 19.2 Å². The highest BCUT2D eigenvalue weighted by molar-refractivity contribution is 7.92. The second-order valence-electron chi connectivity index (χ2n) is 6.96. The molecule has 0 bridgehead atoms. The molecule has 0 atom stereocenters. The first-order valence-corrected chi connectivity index (χ1v) is 10.9. The van der Waals surface area contributed by atoms with Crippen molar-refractivity contribution in [1.82, 2.24) is 0 Å². The molecule has 0 fully saturated rings. The van der Waals surface area contributed by atoms with E-state index in [9.17, 15) is 23.3 Å². The van der Waals surface area contributed by atoms with Gasteiger partial charge in [0, 0.05) is 19.0 Å². The third kappa shape index (κ3) is 5.77. The van der Waals surface area contributed by atoms with Crippen LogP contribution in [-0.4, -0.2) is 32.0 Å². The fourth-order valence-electron chi connectivity index (χ4n) is 2.92. The van der Waals surface area contributed by atoms with Crippen LogP contribution < -0.4 is 9.62 Å². The van der Waals surface area contributed by atoms with Crippen molar-refractivity contribution in [2.45, 2.75) is 33.6 Å². The number of nitro groups is 1. The number of nitrogens with one attached hydrogen (secondary N) is 1. The fraction of sp³-hybridized carbons (Fsp3) is 0.350. The Bertz CT molecular complexity index is 1030. The molecule has 0 aliphatic heterocycles. The van der Waals surface area contributed by atoms with Gasteiger partial charge in [-0.1, -0.05) is 12.1 Å². The maximum Gasteiger partial charge on any atom is 0.274 e. The number of nitro benzene ring substituents is 1. The summed E-state index contributed by atoms with van der Waals surface area (Å²) in [5.74, 6) is -0.331. The Labute approximate surface area is 170 Å². The number of sulfonamides is 1. The van der Waals surface area contributed by atoms with Gasteiger partial charge in [0.1, 0.15) is 0 Å². The Hall–Kier alpha value is -2.94. The Morgan fingerprint density at radius 2 is 1.83 bits per heavy atom. The first-order valence-electron chi connectivity index (χ1n) is 9.09. The minimum Gasteiger partial charge on any atom is -0.326 e. The van der Waals surface area contributed by atoms with Crippen molar-refractivity contribution in [3.63, 3.8) is 0 Å². The molecule has 0 aromatic heterocycles. The number of carbonyl (C=O) groups excluding carboxylic acids is 1. The van der Waals surface area contributed by atoms with Crippen molar-refractivity contribution < 1.29 is 18.1 Å². The van der Waals surface area contributed by atoms with Crippen molar-refractivity contribution >= 4 is 33.0 Å². The number of aryl methyl sites for hydroxylation is 2. The summed E-state index contributed by atoms with van der Waals surface area (Å²) in [6.07, 6.45) is 1.52. The zero-order valence-electron chi connectivity index (χ0n) is 16.9. The third-order valence-corrected chi connectivity index (χ3v) is 5.91. The van der Waals surface area contributed by atoms with E-state index in [0.29, 0.717) is 23.4 Å². The number of benzene rings is 2. The summed E-state index contributed by atoms with van der Waals surface area (Å²) in [5.41, 5.74) is 3.28. The standard InChI is InChI=1S/C20H25N3O5S/c1-14-10-11-17(13-15(14)2)22(29(4,27)28)12-6-9-20(24)21-18-7-5-8-19(16(18)3)23(25)26/h5,7-8,10-11,13H,6,9,12H2,1-4H3,(H,21,24). The predicted octanol–water partition coefficient (Wildman–Crippen LogP) is 3.70. The second kappa shape index (κ2) is 9.04. The smallest absolute Gasteiger partial charge is 0.274 e. The molecular weight excluding hydrogens is 394 g/mol. The average Bonchev–Trinajstić information content (AvgIpc) is 2.62. The number of amides is 1. The summed E-state index contributed by atoms with van der Waals surface area (Å²) in [6.45, 7) is 5.58. The minimum absolute atomic E-state index is 0.0687. The maximum absolute atomic E-state index is 12.3. The van der Waals surface area contributed by atoms with Gasteiger partial charge in [-0.05, 0) is 56.5 Å². The Kier molecular flexibility index (Phi) is 6.97. The lowest BCUT2D eigenvalue weighted by Gasteiger charge is -2.23. The molecule has 0 unspecified atom stereocenters. The predicted molar refractivity (Wildman–Crippen MR) is 114 cm³/mol. The quantitative estimate of drug-likeness (QED) is 0.518. The molecule has 2 aromatic rings. The number of carbonyl (C=O) groups is 1. The minimum atomic E-state index is -3.50. The van der Waals surface area contributed by atoms with Gasteiger partial charge < -0.3 is 5.32 Å². The van der Waals surface area contributed by atoms with Gasteiger partial charge in [-0.2, -0.15) is 0 Å². The largest absolute Gasteiger partial charge is 0.326 e. The maximum atomic E-state index is 12.3. The van der Waals surface area contributed by atoms with E-state index in [-0.39, 0.29) is 24.6 Å². The molecule has 0 heterocycles. The number of rotatable bonds is 8. The molecule has 29 heavy (non-hydrogen) atoms. The van der Waals surface area contributed by atoms with Crippen LogP contribution in [0.5, 0.6) is 0 Å². The van der Waals surface area contributed by atoms with Gasteiger partial charge in [-0.25, -0.2) is 8.42 Å². The molecule has 2 aromatic carbocycles. The lowest BCUT2D eigenvalue weighted by Crippen LogP contribution is -2.31. The van der Waals surface area contributed by atoms with Crippen LogP contribution in [0, 0.1) is 30.9 Å². The molecule has 1 N–H and O–H groups in total. The van der Waals surface area contributed by atoms with Gasteiger partial charge in [0.2, 0.25) is 15.9 Å². The summed E-state index contributed by atoms with van der Waals surface area (Å²) in [6, 6.07) is 9.89. The first-order chi connectivity index (χ1) is 13.5. The van der Waals surface area contributed by atoms with E-state index >= 15 is 0 Å². The SMILES string of the molecule is Cc1ccc(N(CCCC(=O)Nc2cccc([N+](=O)[O-])c2C)S(C)(=O)=O)cc1C. The summed E-state index contributed by atoms with van der Waals surface area (Å²) in [5, 5.41) is 13.7. The van der Waals surface area contributed by atoms with Crippen LogP contribution >= 0.6 is 0 Å². The fourth-order valence-corrected chi connectivity index (χ4v) is 3.88. The lowest BCUT2D eigenvalue weighted by atomic mass is 10.1. The number of nitrogens with zero attached hydrogens (tertiary/aromatic N) is 2. The molecule has 0 radical (unpaired) electrons. The normalized spacial score (nSPS) is 11.2. The lowest BCUT2D eigenvalue weighted by molar-refractivity contribution is -0.385. The number of hydrogen-bond donors (Lipinski definition) is 1. The van der Waals surface area contributed by atoms with Gasteiger partial charge in [0.05, 0.1) is 28.1 Å². The van der Waals surface area contributed by atoms with Crippen molar-refractivity contribution in [1.29, 1.82) is 0 Å². The second-order valence-corrected chi connectivity index (χ2v) is 8.87. The Morgan fingerprint density at radius 3 is 2.41 bits per heavy atom. The van der Waals surface area contributed by atoms with Crippen LogP contribution in [0.15, 0.2) is 36.4 Å². The van der Waals surface area contributed by atoms with Gasteiger partial charge in [-0.15, -0.1) is 0 Å². The third-order valence-electron chi connectivity index (χ3n) is 4.72. The molecule has 0 saturated heterocycles. The van der Waals surface area contributed by atoms with Crippen molar-refractivity contribution in [2.24, 2.45) is 0 Å². The average molecular weight is 420 g/mol. The topological polar surface area (TPSA) is 110 Å². The summed E-state index contributed by atoms with van der Waals surface area (Å²) in [4.78, 5) is 22.8. The van der Waals surface area contributed by atoms with E-state index in [1.54, 1.807) is 19.1 Å². The summed E-state index contributed by atoms with van der Waals surface area (Å²) >= 11 is 0. The van der Waals surface area contributed by atoms with E-state index in [1.165, 1.54) is 16.4 Å². The molecular formula is C20H25N3O5S. The van der Waals surface area contributed by atoms with E-state index in [2.05, 4.69) is 5.32 Å². The van der Waals surface area contributed by atoms with E-state index in [0.717, 1.165) is 17.4 Å². The zero-order chi connectivity index (χ0) is 21.8. The van der Waals surface area contributed by atoms with E-state index in [1.807, 2.05) is 26.0 Å². The van der Waals surface area contributed by atoms with Crippen LogP contribution in [0.1, 0.15) is 29.5 Å². The van der Waals surface area contributed by atoms with E-state index < -0.39 is 14.9 Å². The highest BCUT2D eigenvalue weighted by Crippen LogP contribution is 2.25. The van der Waals surface area contributed by atoms with Crippen LogP contribution in [0.2, 0.25) is 0 Å². The van der Waals surface area contributed by atoms with Crippen LogP contribution in [-0.2, 0) is 14.8 Å². The highest BCUT2D eigenvalue weighted by atomic mass is 32.2. The summed E-state index contributed by atoms with van der Waals surface area (Å²) in [7, 11) is -3.50. The monoisotopic (exact) mass is 419 g/mol. The molecule has 0 aliphatic rings. The van der Waals surface area contributed by atoms with E-state index in [4.69, 9.17) is 0 Å². The van der Waals surface area contributed by atoms with Gasteiger partial charge >= 0.3 is 0 Å². The summed E-state index contributed by atoms with van der Waals surface area (Å²) < 4.78 is 25.7. The van der Waals surface area contributed by atoms with Gasteiger partial charge in [0.15, 0.2) is 0 Å². The Balaban J connectivity index is 2.04. The highest BCUT2D eigenvalue weighted by Gasteiger charge is 2.19. The Morgan fingerprint density at radius 1 is 1.14 bits per heavy atom. The van der Waals surface area contributed by atoms with Crippen molar-refractivity contribution in [3.05, 3.63) is 63.2 Å². The van der Waals surface area contributed by atoms with Crippen molar-refractivity contribution in [3.8, 4) is 0 Å². The molecule has 9 heteroatoms. The zero-order valence-corrected chi connectivity index (χ0v) is 17.7. The molecule has 156 valence electrons. The van der Waals surface area contributed by atoms with Crippen LogP contribution in [0.25, 0.3) is 0 Å². The number of hydrogen-bond acceptors (Lipinski definition) is 5. The molecule has 1 amide bonds. The van der Waals surface area contributed by atoms with Crippen molar-refractivity contribution in [2.75, 3.05) is 22.4 Å². The first kappa shape index (κ1) is 22.4. The molecule has 0 aliphatic carbocycles. The number of anilines is 2. The van der Waals surface area contributed by atoms with Crippen LogP contribution in [0.4, 0.5) is 17.1 Å². The molecule has 0 saturated carbocycles. The molecule has 2 rings (SSSR count). The van der Waals surface area contributed by atoms with Crippen LogP contribution in [0.3, 0.4) is 0 Å². The molecule has 8 nitrogen and oxygen atoms in total. The van der Waals surface area contributed by atoms with Gasteiger partial charge in [0.25, 0.3) is 5.69 Å².